The first-order valence-corrected chi connectivity index (χ1v) is 18.9. The van der Waals surface area contributed by atoms with E-state index in [4.69, 9.17) is 18.9 Å². The van der Waals surface area contributed by atoms with Crippen molar-refractivity contribution >= 4 is 23.3 Å². The minimum absolute atomic E-state index is 0.0219. The lowest BCUT2D eigenvalue weighted by atomic mass is 9.73. The summed E-state index contributed by atoms with van der Waals surface area (Å²) >= 11 is 0. The molecule has 0 aromatic heterocycles. The molecule has 0 unspecified atom stereocenters. The summed E-state index contributed by atoms with van der Waals surface area (Å²) in [6.45, 7) is 4.66. The van der Waals surface area contributed by atoms with E-state index in [1.54, 1.807) is 13.8 Å². The van der Waals surface area contributed by atoms with Gasteiger partial charge in [0.2, 0.25) is 5.78 Å². The Kier molecular flexibility index (Phi) is 11.0. The van der Waals surface area contributed by atoms with Crippen LogP contribution in [-0.2, 0) is 35.8 Å². The molecule has 1 saturated heterocycles. The predicted octanol–water partition coefficient (Wildman–Crippen LogP) is 6.87. The Morgan fingerprint density at radius 3 is 2.07 bits per heavy atom. The number of Topliss-reactive ketones (excluding diaryl/α,β-unsaturated/α-hetero) is 1. The molecule has 14 heteroatoms. The highest BCUT2D eigenvalue weighted by Gasteiger charge is 2.47. The van der Waals surface area contributed by atoms with Crippen LogP contribution >= 0.6 is 0 Å². The van der Waals surface area contributed by atoms with Gasteiger partial charge in [-0.05, 0) is 43.9 Å². The lowest BCUT2D eigenvalue weighted by molar-refractivity contribution is -0.235. The first-order chi connectivity index (χ1) is 27.5. The van der Waals surface area contributed by atoms with Crippen LogP contribution in [-0.4, -0.2) is 71.8 Å². The van der Waals surface area contributed by atoms with E-state index in [-0.39, 0.29) is 47.3 Å². The van der Waals surface area contributed by atoms with Crippen molar-refractivity contribution in [1.29, 1.82) is 0 Å². The zero-order chi connectivity index (χ0) is 41.7. The lowest BCUT2D eigenvalue weighted by Gasteiger charge is -2.42. The van der Waals surface area contributed by atoms with E-state index in [0.29, 0.717) is 0 Å². The molecule has 6 atom stereocenters. The molecule has 4 aromatic carbocycles. The van der Waals surface area contributed by atoms with Crippen molar-refractivity contribution in [3.63, 3.8) is 0 Å². The Bertz CT molecular complexity index is 2220. The van der Waals surface area contributed by atoms with Crippen molar-refractivity contribution in [3.05, 3.63) is 123 Å². The molecule has 0 spiro atoms. The second-order valence-electron chi connectivity index (χ2n) is 15.1. The highest BCUT2D eigenvalue weighted by atomic mass is 19.4. The molecule has 304 valence electrons. The summed E-state index contributed by atoms with van der Waals surface area (Å²) in [6.07, 6.45) is -8.99. The second kappa shape index (κ2) is 15.6. The number of phenolic OH excluding ortho intramolecular Hbond substituents is 2. The van der Waals surface area contributed by atoms with E-state index in [2.05, 4.69) is 0 Å². The average molecular weight is 802 g/mol. The van der Waals surface area contributed by atoms with Gasteiger partial charge in [-0.15, -0.1) is 0 Å². The Morgan fingerprint density at radius 1 is 0.845 bits per heavy atom. The van der Waals surface area contributed by atoms with Crippen LogP contribution < -0.4 is 10.1 Å². The third-order valence-corrected chi connectivity index (χ3v) is 11.7. The van der Waals surface area contributed by atoms with Crippen molar-refractivity contribution in [3.8, 4) is 17.2 Å². The summed E-state index contributed by atoms with van der Waals surface area (Å²) in [7, 11) is 1.32. The fourth-order valence-electron chi connectivity index (χ4n) is 8.31. The quantitative estimate of drug-likeness (QED) is 0.127. The van der Waals surface area contributed by atoms with Gasteiger partial charge in [0.15, 0.2) is 17.9 Å². The number of aromatic hydroxyl groups is 2. The molecule has 7 rings (SSSR count). The summed E-state index contributed by atoms with van der Waals surface area (Å²) in [5.41, 5.74) is -0.705. The van der Waals surface area contributed by atoms with Gasteiger partial charge >= 0.3 is 12.1 Å². The van der Waals surface area contributed by atoms with Crippen LogP contribution in [0.2, 0.25) is 0 Å². The normalized spacial score (nSPS) is 23.0. The van der Waals surface area contributed by atoms with E-state index in [1.165, 1.54) is 25.3 Å². The summed E-state index contributed by atoms with van der Waals surface area (Å²) < 4.78 is 64.2. The number of hydrogen-bond acceptors (Lipinski definition) is 10. The standard InChI is InChI=1S/C44H42F3NO10/c1-22-23(2)57-33(20-29(22)48-42(54)44(45,46)47)58-32-19-24(30(49)21-56-43(3,25-12-7-5-8-13-25)26-14-9-6-10-15-26)18-28-35(32)41(53)37-36(39(28)51)38(50)27-16-11-17-31(55-4)34(27)40(37)52/h5-17,22-24,29,32-33,51,53H,18-21H2,1-4H3,(H,48,54)/t22-,23+,24-,29+,32+,33+/m1/s1. The maximum atomic E-state index is 14.3. The number of phenols is 2. The maximum absolute atomic E-state index is 14.3. The van der Waals surface area contributed by atoms with Crippen molar-refractivity contribution in [2.24, 2.45) is 11.8 Å². The van der Waals surface area contributed by atoms with Gasteiger partial charge in [0.05, 0.1) is 36.0 Å². The number of alkyl halides is 3. The van der Waals surface area contributed by atoms with E-state index in [0.717, 1.165) is 11.1 Å². The van der Waals surface area contributed by atoms with E-state index >= 15 is 0 Å². The number of carbonyl (C=O) groups is 4. The van der Waals surface area contributed by atoms with Gasteiger partial charge < -0.3 is 34.5 Å². The van der Waals surface area contributed by atoms with Gasteiger partial charge in [-0.3, -0.25) is 19.2 Å². The number of halogens is 3. The van der Waals surface area contributed by atoms with Crippen molar-refractivity contribution in [2.75, 3.05) is 13.7 Å². The minimum atomic E-state index is -5.14. The Balaban J connectivity index is 1.27. The number of nitrogens with one attached hydrogen (secondary N) is 1. The van der Waals surface area contributed by atoms with Crippen LogP contribution in [0.1, 0.15) is 93.8 Å². The summed E-state index contributed by atoms with van der Waals surface area (Å²) in [6, 6.07) is 22.0. The Morgan fingerprint density at radius 2 is 1.47 bits per heavy atom. The average Bonchev–Trinajstić information content (AvgIpc) is 3.21. The molecule has 2 aliphatic carbocycles. The second-order valence-corrected chi connectivity index (χ2v) is 15.1. The molecule has 1 amide bonds. The van der Waals surface area contributed by atoms with E-state index < -0.39 is 101 Å². The van der Waals surface area contributed by atoms with Crippen LogP contribution in [0.25, 0.3) is 0 Å². The molecule has 1 fully saturated rings. The van der Waals surface area contributed by atoms with Crippen LogP contribution in [0.15, 0.2) is 78.9 Å². The first kappa shape index (κ1) is 40.6. The number of methoxy groups -OCH3 is 1. The number of ether oxygens (including phenoxy) is 4. The smallest absolute Gasteiger partial charge is 0.471 e. The molecule has 3 N–H and O–H groups in total. The van der Waals surface area contributed by atoms with Gasteiger partial charge in [-0.1, -0.05) is 79.7 Å². The Labute approximate surface area is 332 Å². The zero-order valence-corrected chi connectivity index (χ0v) is 32.1. The minimum Gasteiger partial charge on any atom is -0.507 e. The third kappa shape index (κ3) is 7.24. The number of benzene rings is 4. The van der Waals surface area contributed by atoms with Gasteiger partial charge in [0.25, 0.3) is 0 Å². The van der Waals surface area contributed by atoms with Crippen molar-refractivity contribution in [2.45, 2.75) is 76.4 Å². The molecule has 11 nitrogen and oxygen atoms in total. The fraction of sp³-hybridized carbons (Fsp3) is 0.364. The molecule has 58 heavy (non-hydrogen) atoms. The zero-order valence-electron chi connectivity index (χ0n) is 32.1. The molecular formula is C44H42F3NO10. The number of ketones is 3. The largest absolute Gasteiger partial charge is 0.507 e. The molecule has 1 heterocycles. The number of rotatable bonds is 10. The van der Waals surface area contributed by atoms with Crippen molar-refractivity contribution < 1.29 is 61.5 Å². The molecule has 0 bridgehead atoms. The molecule has 4 aromatic rings. The summed E-state index contributed by atoms with van der Waals surface area (Å²) in [5, 5.41) is 25.9. The molecule has 3 aliphatic rings. The number of fused-ring (bicyclic) bond motifs is 3. The van der Waals surface area contributed by atoms with Crippen LogP contribution in [0, 0.1) is 11.8 Å². The first-order valence-electron chi connectivity index (χ1n) is 18.9. The number of carbonyl (C=O) groups excluding carboxylic acids is 4. The maximum Gasteiger partial charge on any atom is 0.471 e. The van der Waals surface area contributed by atoms with Gasteiger partial charge in [0, 0.05) is 41.0 Å². The van der Waals surface area contributed by atoms with E-state index in [9.17, 15) is 42.6 Å². The van der Waals surface area contributed by atoms with Crippen LogP contribution in [0.5, 0.6) is 17.2 Å². The van der Waals surface area contributed by atoms with Gasteiger partial charge in [0.1, 0.15) is 29.5 Å². The molecule has 0 saturated carbocycles. The van der Waals surface area contributed by atoms with Crippen molar-refractivity contribution in [1.82, 2.24) is 5.32 Å². The Hall–Kier alpha value is -5.57. The third-order valence-electron chi connectivity index (χ3n) is 11.7. The highest BCUT2D eigenvalue weighted by Crippen LogP contribution is 2.52. The van der Waals surface area contributed by atoms with Crippen LogP contribution in [0.3, 0.4) is 0 Å². The SMILES string of the molecule is COc1cccc2c1C(=O)c1c(O)c3c(c(O)c1C2=O)C[C@@H](C(=O)COC(C)(c1ccccc1)c1ccccc1)C[C@@H]3O[C@H]1C[C@H](NC(=O)C(F)(F)F)[C@H](C)[C@H](C)O1. The molecule has 1 aliphatic heterocycles. The van der Waals surface area contributed by atoms with Gasteiger partial charge in [-0.25, -0.2) is 0 Å². The van der Waals surface area contributed by atoms with E-state index in [1.807, 2.05) is 72.9 Å². The van der Waals surface area contributed by atoms with Crippen LogP contribution in [0.4, 0.5) is 13.2 Å². The fourth-order valence-corrected chi connectivity index (χ4v) is 8.31. The monoisotopic (exact) mass is 801 g/mol. The highest BCUT2D eigenvalue weighted by molar-refractivity contribution is 6.31. The number of amides is 1. The van der Waals surface area contributed by atoms with Gasteiger partial charge in [-0.2, -0.15) is 13.2 Å². The lowest BCUT2D eigenvalue weighted by Crippen LogP contribution is -2.53. The topological polar surface area (TPSA) is 158 Å². The summed E-state index contributed by atoms with van der Waals surface area (Å²) in [5.74, 6) is -6.81. The molecular weight excluding hydrogens is 759 g/mol. The summed E-state index contributed by atoms with van der Waals surface area (Å²) in [4.78, 5) is 54.4. The molecule has 0 radical (unpaired) electrons. The number of hydrogen-bond donors (Lipinski definition) is 3. The predicted molar refractivity (Wildman–Crippen MR) is 202 cm³/mol.